The van der Waals surface area contributed by atoms with Gasteiger partial charge in [0.1, 0.15) is 0 Å². The van der Waals surface area contributed by atoms with Crippen LogP contribution >= 0.6 is 0 Å². The number of nitrogens with one attached hydrogen (secondary N) is 1. The number of aryl methyl sites for hydroxylation is 2. The second-order valence-electron chi connectivity index (χ2n) is 5.24. The van der Waals surface area contributed by atoms with Crippen molar-refractivity contribution in [2.45, 2.75) is 39.7 Å². The van der Waals surface area contributed by atoms with Gasteiger partial charge in [-0.2, -0.15) is 0 Å². The Labute approximate surface area is 109 Å². The number of carbonyl (C=O) groups is 1. The summed E-state index contributed by atoms with van der Waals surface area (Å²) in [5, 5.41) is 3.61. The van der Waals surface area contributed by atoms with E-state index >= 15 is 0 Å². The van der Waals surface area contributed by atoms with E-state index in [0.29, 0.717) is 6.04 Å². The molecule has 0 aliphatic carbocycles. The lowest BCUT2D eigenvalue weighted by atomic mass is 10.0. The van der Waals surface area contributed by atoms with Crippen LogP contribution in [0.4, 0.5) is 5.69 Å². The van der Waals surface area contributed by atoms with Gasteiger partial charge in [-0.3, -0.25) is 4.79 Å². The topological polar surface area (TPSA) is 32.3 Å². The van der Waals surface area contributed by atoms with Crippen LogP contribution in [0.5, 0.6) is 0 Å². The monoisotopic (exact) mass is 246 g/mol. The van der Waals surface area contributed by atoms with Crippen LogP contribution in [0.3, 0.4) is 0 Å². The lowest BCUT2D eigenvalue weighted by Crippen LogP contribution is -2.41. The van der Waals surface area contributed by atoms with Gasteiger partial charge in [0.05, 0.1) is 0 Å². The maximum absolute atomic E-state index is 11.3. The second-order valence-corrected chi connectivity index (χ2v) is 5.24. The van der Waals surface area contributed by atoms with E-state index in [9.17, 15) is 4.79 Å². The molecule has 1 N–H and O–H groups in total. The van der Waals surface area contributed by atoms with Crippen molar-refractivity contribution in [1.29, 1.82) is 0 Å². The Morgan fingerprint density at radius 1 is 1.28 bits per heavy atom. The molecule has 1 amide bonds. The molecule has 1 fully saturated rings. The third-order valence-electron chi connectivity index (χ3n) is 3.69. The number of carbonyl (C=O) groups excluding carboxylic acids is 1. The molecule has 1 heterocycles. The summed E-state index contributed by atoms with van der Waals surface area (Å²) in [6.07, 6.45) is 2.07. The molecular formula is C15H22N2O. The largest absolute Gasteiger partial charge is 0.382 e. The molecule has 0 spiro atoms. The number of piperidine rings is 1. The Kier molecular flexibility index (Phi) is 3.90. The number of nitrogens with zero attached hydrogens (tertiary/aromatic N) is 1. The molecule has 0 atom stereocenters. The molecule has 1 saturated heterocycles. The third-order valence-corrected chi connectivity index (χ3v) is 3.69. The molecule has 0 aromatic heterocycles. The molecule has 18 heavy (non-hydrogen) atoms. The number of amides is 1. The van der Waals surface area contributed by atoms with Crippen molar-refractivity contribution in [3.63, 3.8) is 0 Å². The molecule has 0 radical (unpaired) electrons. The maximum Gasteiger partial charge on any atom is 0.219 e. The van der Waals surface area contributed by atoms with Crippen LogP contribution < -0.4 is 5.32 Å². The number of rotatable bonds is 2. The predicted molar refractivity (Wildman–Crippen MR) is 74.8 cm³/mol. The summed E-state index contributed by atoms with van der Waals surface area (Å²) < 4.78 is 0. The van der Waals surface area contributed by atoms with Gasteiger partial charge in [-0.1, -0.05) is 12.1 Å². The minimum atomic E-state index is 0.195. The van der Waals surface area contributed by atoms with E-state index in [0.717, 1.165) is 25.9 Å². The van der Waals surface area contributed by atoms with E-state index < -0.39 is 0 Å². The van der Waals surface area contributed by atoms with E-state index in [1.807, 2.05) is 4.90 Å². The number of benzene rings is 1. The van der Waals surface area contributed by atoms with Crippen molar-refractivity contribution >= 4 is 11.6 Å². The highest BCUT2D eigenvalue weighted by molar-refractivity contribution is 5.73. The van der Waals surface area contributed by atoms with Gasteiger partial charge in [0.15, 0.2) is 0 Å². The fourth-order valence-corrected chi connectivity index (χ4v) is 2.45. The van der Waals surface area contributed by atoms with Crippen molar-refractivity contribution in [2.75, 3.05) is 18.4 Å². The quantitative estimate of drug-likeness (QED) is 0.870. The van der Waals surface area contributed by atoms with E-state index in [1.165, 1.54) is 16.8 Å². The van der Waals surface area contributed by atoms with E-state index in [2.05, 4.69) is 37.4 Å². The minimum absolute atomic E-state index is 0.195. The van der Waals surface area contributed by atoms with Crippen LogP contribution in [0, 0.1) is 13.8 Å². The zero-order valence-electron chi connectivity index (χ0n) is 11.5. The Hall–Kier alpha value is -1.51. The Morgan fingerprint density at radius 2 is 1.94 bits per heavy atom. The van der Waals surface area contributed by atoms with Gasteiger partial charge < -0.3 is 10.2 Å². The number of anilines is 1. The van der Waals surface area contributed by atoms with Gasteiger partial charge in [-0.05, 0) is 43.9 Å². The Morgan fingerprint density at radius 3 is 2.56 bits per heavy atom. The molecule has 1 aromatic rings. The van der Waals surface area contributed by atoms with Gasteiger partial charge in [0.25, 0.3) is 0 Å². The predicted octanol–water partition coefficient (Wildman–Crippen LogP) is 2.73. The van der Waals surface area contributed by atoms with Crippen molar-refractivity contribution < 1.29 is 4.79 Å². The SMILES string of the molecule is CC(=O)N1CCC(Nc2cc(C)ccc2C)CC1. The van der Waals surface area contributed by atoms with Crippen molar-refractivity contribution in [3.05, 3.63) is 29.3 Å². The molecule has 1 aliphatic heterocycles. The van der Waals surface area contributed by atoms with E-state index in [1.54, 1.807) is 6.92 Å². The van der Waals surface area contributed by atoms with Crippen LogP contribution in [0.1, 0.15) is 30.9 Å². The molecule has 98 valence electrons. The standard InChI is InChI=1S/C15H22N2O/c1-11-4-5-12(2)15(10-11)16-14-6-8-17(9-7-14)13(3)18/h4-5,10,14,16H,6-9H2,1-3H3. The van der Waals surface area contributed by atoms with Crippen LogP contribution in [0.15, 0.2) is 18.2 Å². The minimum Gasteiger partial charge on any atom is -0.382 e. The zero-order valence-corrected chi connectivity index (χ0v) is 11.5. The number of hydrogen-bond acceptors (Lipinski definition) is 2. The van der Waals surface area contributed by atoms with Crippen LogP contribution in [-0.4, -0.2) is 29.9 Å². The Bertz CT molecular complexity index is 434. The summed E-state index contributed by atoms with van der Waals surface area (Å²) in [5.74, 6) is 0.195. The van der Waals surface area contributed by atoms with Gasteiger partial charge in [-0.25, -0.2) is 0 Å². The van der Waals surface area contributed by atoms with Crippen molar-refractivity contribution in [2.24, 2.45) is 0 Å². The zero-order chi connectivity index (χ0) is 13.1. The first-order chi connectivity index (χ1) is 8.56. The van der Waals surface area contributed by atoms with Gasteiger partial charge >= 0.3 is 0 Å². The Balaban J connectivity index is 1.95. The van der Waals surface area contributed by atoms with Gasteiger partial charge in [-0.15, -0.1) is 0 Å². The second kappa shape index (κ2) is 5.42. The normalized spacial score (nSPS) is 16.7. The molecule has 1 aliphatic rings. The van der Waals surface area contributed by atoms with E-state index in [4.69, 9.17) is 0 Å². The highest BCUT2D eigenvalue weighted by atomic mass is 16.2. The average Bonchev–Trinajstić information content (AvgIpc) is 2.34. The van der Waals surface area contributed by atoms with Gasteiger partial charge in [0.2, 0.25) is 5.91 Å². The molecule has 1 aromatic carbocycles. The highest BCUT2D eigenvalue weighted by Gasteiger charge is 2.20. The first kappa shape index (κ1) is 12.9. The summed E-state index contributed by atoms with van der Waals surface area (Å²) >= 11 is 0. The van der Waals surface area contributed by atoms with E-state index in [-0.39, 0.29) is 5.91 Å². The van der Waals surface area contributed by atoms with Crippen LogP contribution in [-0.2, 0) is 4.79 Å². The summed E-state index contributed by atoms with van der Waals surface area (Å²) in [5.41, 5.74) is 3.80. The molecule has 3 nitrogen and oxygen atoms in total. The summed E-state index contributed by atoms with van der Waals surface area (Å²) in [6.45, 7) is 7.64. The average molecular weight is 246 g/mol. The molecule has 0 saturated carbocycles. The molecule has 3 heteroatoms. The fraction of sp³-hybridized carbons (Fsp3) is 0.533. The first-order valence-corrected chi connectivity index (χ1v) is 6.65. The molecule has 0 bridgehead atoms. The lowest BCUT2D eigenvalue weighted by Gasteiger charge is -2.32. The first-order valence-electron chi connectivity index (χ1n) is 6.65. The highest BCUT2D eigenvalue weighted by Crippen LogP contribution is 2.21. The number of likely N-dealkylation sites (tertiary alicyclic amines) is 1. The van der Waals surface area contributed by atoms with Crippen LogP contribution in [0.25, 0.3) is 0 Å². The number of hydrogen-bond donors (Lipinski definition) is 1. The van der Waals surface area contributed by atoms with Gasteiger partial charge in [0, 0.05) is 31.7 Å². The summed E-state index contributed by atoms with van der Waals surface area (Å²) in [6, 6.07) is 6.98. The molecular weight excluding hydrogens is 224 g/mol. The maximum atomic E-state index is 11.3. The smallest absolute Gasteiger partial charge is 0.219 e. The van der Waals surface area contributed by atoms with Crippen LogP contribution in [0.2, 0.25) is 0 Å². The fourth-order valence-electron chi connectivity index (χ4n) is 2.45. The third kappa shape index (κ3) is 3.03. The molecule has 2 rings (SSSR count). The van der Waals surface area contributed by atoms with Crippen molar-refractivity contribution in [3.8, 4) is 0 Å². The summed E-state index contributed by atoms with van der Waals surface area (Å²) in [7, 11) is 0. The van der Waals surface area contributed by atoms with Crippen molar-refractivity contribution in [1.82, 2.24) is 4.90 Å². The molecule has 0 unspecified atom stereocenters. The lowest BCUT2D eigenvalue weighted by molar-refractivity contribution is -0.129. The summed E-state index contributed by atoms with van der Waals surface area (Å²) in [4.78, 5) is 13.2.